The Kier molecular flexibility index (Phi) is 7.37. The Morgan fingerprint density at radius 2 is 1.86 bits per heavy atom. The summed E-state index contributed by atoms with van der Waals surface area (Å²) < 4.78 is 54.1. The highest BCUT2D eigenvalue weighted by Crippen LogP contribution is 2.42. The number of hydrogen-bond donors (Lipinski definition) is 1. The standard InChI is InChI=1S/C25H30ClF2N4O3P/c1-36(2,33)19-13-16(15-8-11-34-12-9-15)6-7-17(19)29-18-14-20(26)30-24-22(18)31-25(23(27)28)32(24)21-5-3-4-10-35-21/h6-7,13-15,21,23H,3-5,8-12H2,1-2H3,(H,29,30). The molecule has 194 valence electrons. The summed E-state index contributed by atoms with van der Waals surface area (Å²) >= 11 is 6.36. The molecule has 1 atom stereocenters. The maximum atomic E-state index is 14.1. The van der Waals surface area contributed by atoms with E-state index in [1.165, 1.54) is 4.57 Å². The Morgan fingerprint density at radius 3 is 2.53 bits per heavy atom. The molecule has 7 nitrogen and oxygen atoms in total. The van der Waals surface area contributed by atoms with Crippen LogP contribution in [0.4, 0.5) is 20.2 Å². The quantitative estimate of drug-likeness (QED) is 0.281. The molecule has 36 heavy (non-hydrogen) atoms. The van der Waals surface area contributed by atoms with Crippen LogP contribution in [0, 0.1) is 0 Å². The van der Waals surface area contributed by atoms with Crippen molar-refractivity contribution >= 4 is 46.6 Å². The number of ether oxygens (including phenoxy) is 2. The van der Waals surface area contributed by atoms with Gasteiger partial charge in [0.25, 0.3) is 6.43 Å². The normalized spacial score (nSPS) is 19.8. The minimum absolute atomic E-state index is 0.138. The molecular formula is C25H30ClF2N4O3P. The van der Waals surface area contributed by atoms with E-state index in [9.17, 15) is 13.3 Å². The van der Waals surface area contributed by atoms with Crippen LogP contribution >= 0.6 is 18.7 Å². The summed E-state index contributed by atoms with van der Waals surface area (Å²) in [6, 6.07) is 7.48. The molecule has 2 fully saturated rings. The van der Waals surface area contributed by atoms with Gasteiger partial charge in [-0.15, -0.1) is 0 Å². The monoisotopic (exact) mass is 538 g/mol. The van der Waals surface area contributed by atoms with Crippen molar-refractivity contribution in [3.05, 3.63) is 40.8 Å². The lowest BCUT2D eigenvalue weighted by molar-refractivity contribution is -0.0363. The molecule has 0 bridgehead atoms. The maximum Gasteiger partial charge on any atom is 0.295 e. The predicted molar refractivity (Wildman–Crippen MR) is 138 cm³/mol. The van der Waals surface area contributed by atoms with E-state index in [0.717, 1.165) is 31.2 Å². The molecule has 11 heteroatoms. The van der Waals surface area contributed by atoms with Crippen molar-refractivity contribution in [1.29, 1.82) is 0 Å². The van der Waals surface area contributed by atoms with Crippen molar-refractivity contribution < 1.29 is 22.8 Å². The number of benzene rings is 1. The van der Waals surface area contributed by atoms with Crippen LogP contribution < -0.4 is 10.6 Å². The van der Waals surface area contributed by atoms with E-state index in [-0.39, 0.29) is 16.3 Å². The van der Waals surface area contributed by atoms with E-state index < -0.39 is 25.6 Å². The van der Waals surface area contributed by atoms with Crippen molar-refractivity contribution in [2.24, 2.45) is 0 Å². The third kappa shape index (κ3) is 5.17. The molecule has 4 heterocycles. The number of rotatable bonds is 6. The third-order valence-electron chi connectivity index (χ3n) is 6.85. The summed E-state index contributed by atoms with van der Waals surface area (Å²) in [7, 11) is -2.69. The third-order valence-corrected chi connectivity index (χ3v) is 8.57. The zero-order chi connectivity index (χ0) is 25.4. The SMILES string of the molecule is CP(C)(=O)c1cc(C2CCOCC2)ccc1Nc1cc(Cl)nc2c1nc(C(F)F)n2C1CCCCO1. The van der Waals surface area contributed by atoms with E-state index in [1.54, 1.807) is 19.4 Å². The molecule has 2 aliphatic heterocycles. The van der Waals surface area contributed by atoms with E-state index >= 15 is 0 Å². The van der Waals surface area contributed by atoms with Crippen molar-refractivity contribution in [2.45, 2.75) is 50.7 Å². The van der Waals surface area contributed by atoms with Gasteiger partial charge in [0.15, 0.2) is 11.5 Å². The summed E-state index contributed by atoms with van der Waals surface area (Å²) in [4.78, 5) is 8.62. The Labute approximate surface area is 213 Å². The molecule has 1 N–H and O–H groups in total. The molecule has 0 radical (unpaired) electrons. The Balaban J connectivity index is 1.59. The molecule has 3 aromatic rings. The Morgan fingerprint density at radius 1 is 1.08 bits per heavy atom. The number of halogens is 3. The largest absolute Gasteiger partial charge is 0.381 e. The molecule has 1 aromatic carbocycles. The van der Waals surface area contributed by atoms with Crippen LogP contribution in [0.5, 0.6) is 0 Å². The van der Waals surface area contributed by atoms with Crippen molar-refractivity contribution in [2.75, 3.05) is 38.5 Å². The number of nitrogens with one attached hydrogen (secondary N) is 1. The zero-order valence-corrected chi connectivity index (χ0v) is 22.0. The molecule has 2 saturated heterocycles. The van der Waals surface area contributed by atoms with Crippen LogP contribution in [0.3, 0.4) is 0 Å². The van der Waals surface area contributed by atoms with Gasteiger partial charge in [-0.1, -0.05) is 17.7 Å². The number of hydrogen-bond acceptors (Lipinski definition) is 6. The summed E-state index contributed by atoms with van der Waals surface area (Å²) in [6.45, 7) is 5.36. The molecule has 0 aliphatic carbocycles. The highest BCUT2D eigenvalue weighted by molar-refractivity contribution is 7.70. The number of fused-ring (bicyclic) bond motifs is 1. The smallest absolute Gasteiger partial charge is 0.295 e. The van der Waals surface area contributed by atoms with E-state index in [2.05, 4.69) is 15.3 Å². The molecule has 0 spiro atoms. The molecule has 5 rings (SSSR count). The van der Waals surface area contributed by atoms with Crippen LogP contribution in [-0.2, 0) is 14.0 Å². The van der Waals surface area contributed by atoms with Gasteiger partial charge in [-0.2, -0.15) is 0 Å². The van der Waals surface area contributed by atoms with Gasteiger partial charge in [-0.25, -0.2) is 18.7 Å². The number of nitrogens with zero attached hydrogens (tertiary/aromatic N) is 3. The molecule has 2 aromatic heterocycles. The number of pyridine rings is 1. The van der Waals surface area contributed by atoms with Gasteiger partial charge < -0.3 is 19.4 Å². The minimum atomic E-state index is -2.81. The summed E-state index contributed by atoms with van der Waals surface area (Å²) in [5.74, 6) is -0.0542. The van der Waals surface area contributed by atoms with E-state index in [4.69, 9.17) is 21.1 Å². The first kappa shape index (κ1) is 25.6. The van der Waals surface area contributed by atoms with Crippen LogP contribution in [0.1, 0.15) is 62.1 Å². The number of aromatic nitrogens is 3. The first-order valence-electron chi connectivity index (χ1n) is 12.2. The lowest BCUT2D eigenvalue weighted by Gasteiger charge is -2.25. The number of anilines is 2. The van der Waals surface area contributed by atoms with E-state index in [0.29, 0.717) is 48.8 Å². The van der Waals surface area contributed by atoms with Gasteiger partial charge in [0, 0.05) is 36.9 Å². The maximum absolute atomic E-state index is 14.1. The van der Waals surface area contributed by atoms with Gasteiger partial charge in [0.05, 0.1) is 5.69 Å². The van der Waals surface area contributed by atoms with Crippen LogP contribution in [0.15, 0.2) is 24.3 Å². The van der Waals surface area contributed by atoms with Crippen molar-refractivity contribution in [3.8, 4) is 0 Å². The number of imidazole rings is 1. The average Bonchev–Trinajstić information content (AvgIpc) is 3.24. The summed E-state index contributed by atoms with van der Waals surface area (Å²) in [6.07, 6.45) is 0.793. The van der Waals surface area contributed by atoms with Gasteiger partial charge in [-0.05, 0) is 69.0 Å². The second-order valence-corrected chi connectivity index (χ2v) is 13.3. The van der Waals surface area contributed by atoms with Gasteiger partial charge in [0.1, 0.15) is 24.0 Å². The average molecular weight is 539 g/mol. The van der Waals surface area contributed by atoms with Gasteiger partial charge >= 0.3 is 0 Å². The minimum Gasteiger partial charge on any atom is -0.381 e. The Hall–Kier alpha value is -2.06. The molecule has 2 aliphatic rings. The van der Waals surface area contributed by atoms with Crippen molar-refractivity contribution in [3.63, 3.8) is 0 Å². The van der Waals surface area contributed by atoms with Crippen LogP contribution in [0.2, 0.25) is 5.15 Å². The van der Waals surface area contributed by atoms with Gasteiger partial charge in [0.2, 0.25) is 0 Å². The fourth-order valence-electron chi connectivity index (χ4n) is 5.04. The fraction of sp³-hybridized carbons (Fsp3) is 0.520. The molecule has 1 unspecified atom stereocenters. The number of alkyl halides is 2. The highest BCUT2D eigenvalue weighted by atomic mass is 35.5. The van der Waals surface area contributed by atoms with E-state index in [1.807, 2.05) is 18.2 Å². The fourth-order valence-corrected chi connectivity index (χ4v) is 6.40. The van der Waals surface area contributed by atoms with Crippen molar-refractivity contribution in [1.82, 2.24) is 14.5 Å². The predicted octanol–water partition coefficient (Wildman–Crippen LogP) is 6.61. The Bertz CT molecular complexity index is 1300. The second kappa shape index (κ2) is 10.4. The summed E-state index contributed by atoms with van der Waals surface area (Å²) in [5, 5.41) is 4.12. The first-order chi connectivity index (χ1) is 17.2. The van der Waals surface area contributed by atoms with Gasteiger partial charge in [-0.3, -0.25) is 4.57 Å². The molecular weight excluding hydrogens is 509 g/mol. The topological polar surface area (TPSA) is 78.3 Å². The lowest BCUT2D eigenvalue weighted by atomic mass is 9.91. The highest BCUT2D eigenvalue weighted by Gasteiger charge is 2.29. The zero-order valence-electron chi connectivity index (χ0n) is 20.3. The second-order valence-electron chi connectivity index (χ2n) is 9.77. The van der Waals surface area contributed by atoms with Crippen LogP contribution in [0.25, 0.3) is 11.2 Å². The lowest BCUT2D eigenvalue weighted by Crippen LogP contribution is -2.20. The van der Waals surface area contributed by atoms with Crippen LogP contribution in [-0.4, -0.2) is 47.7 Å². The molecule has 0 amide bonds. The first-order valence-corrected chi connectivity index (χ1v) is 15.2. The molecule has 0 saturated carbocycles. The summed E-state index contributed by atoms with van der Waals surface area (Å²) in [5.41, 5.74) is 2.69.